The lowest BCUT2D eigenvalue weighted by Gasteiger charge is -2.22. The average Bonchev–Trinajstić information content (AvgIpc) is 2.42. The third-order valence-electron chi connectivity index (χ3n) is 2.83. The van der Waals surface area contributed by atoms with E-state index in [0.717, 1.165) is 11.1 Å². The number of benzene rings is 2. The molecular weight excluding hydrogens is 260 g/mol. The van der Waals surface area contributed by atoms with Crippen molar-refractivity contribution in [2.45, 2.75) is 18.8 Å². The van der Waals surface area contributed by atoms with Crippen molar-refractivity contribution >= 4 is 11.6 Å². The quantitative estimate of drug-likeness (QED) is 0.899. The molecular formula is C16H16ClO2. The minimum Gasteiger partial charge on any atom is -0.390 e. The number of aliphatic hydroxyl groups is 1. The van der Waals surface area contributed by atoms with Crippen LogP contribution in [0.3, 0.4) is 0 Å². The van der Waals surface area contributed by atoms with Gasteiger partial charge in [0, 0.05) is 10.6 Å². The molecule has 0 fully saturated rings. The summed E-state index contributed by atoms with van der Waals surface area (Å²) in [7, 11) is 0. The van der Waals surface area contributed by atoms with E-state index in [1.807, 2.05) is 48.5 Å². The molecule has 2 aromatic carbocycles. The highest BCUT2D eigenvalue weighted by Crippen LogP contribution is 2.28. The molecule has 0 amide bonds. The molecule has 3 heteroatoms. The summed E-state index contributed by atoms with van der Waals surface area (Å²) in [4.78, 5) is 0. The van der Waals surface area contributed by atoms with Crippen LogP contribution in [0, 0.1) is 6.92 Å². The van der Waals surface area contributed by atoms with Gasteiger partial charge in [-0.3, -0.25) is 0 Å². The molecule has 0 saturated carbocycles. The van der Waals surface area contributed by atoms with E-state index in [0.29, 0.717) is 11.6 Å². The number of hydrogen-bond acceptors (Lipinski definition) is 2. The first-order valence-electron chi connectivity index (χ1n) is 6.09. The minimum absolute atomic E-state index is 0.406. The largest absolute Gasteiger partial charge is 0.390 e. The Hall–Kier alpha value is -1.35. The number of aliphatic hydroxyl groups excluding tert-OH is 1. The Morgan fingerprint density at radius 3 is 2.32 bits per heavy atom. The van der Waals surface area contributed by atoms with E-state index in [4.69, 9.17) is 16.3 Å². The fourth-order valence-corrected chi connectivity index (χ4v) is 2.12. The van der Waals surface area contributed by atoms with Crippen LogP contribution in [0.25, 0.3) is 0 Å². The molecule has 2 aromatic rings. The molecule has 1 radical (unpaired) electrons. The van der Waals surface area contributed by atoms with Crippen molar-refractivity contribution in [1.29, 1.82) is 0 Å². The number of rotatable bonds is 5. The molecule has 0 saturated heterocycles. The van der Waals surface area contributed by atoms with Crippen LogP contribution in [0.4, 0.5) is 0 Å². The maximum atomic E-state index is 9.77. The van der Waals surface area contributed by atoms with Gasteiger partial charge in [-0.25, -0.2) is 0 Å². The van der Waals surface area contributed by atoms with E-state index < -0.39 is 12.2 Å². The molecule has 0 aliphatic heterocycles. The molecule has 0 aliphatic rings. The zero-order chi connectivity index (χ0) is 13.7. The van der Waals surface area contributed by atoms with E-state index in [-0.39, 0.29) is 0 Å². The molecule has 1 N–H and O–H groups in total. The van der Waals surface area contributed by atoms with Crippen molar-refractivity contribution in [3.63, 3.8) is 0 Å². The first-order chi connectivity index (χ1) is 9.18. The normalized spacial score (nSPS) is 14.1. The molecule has 2 unspecified atom stereocenters. The molecule has 0 aromatic heterocycles. The van der Waals surface area contributed by atoms with Gasteiger partial charge < -0.3 is 9.84 Å². The predicted octanol–water partition coefficient (Wildman–Crippen LogP) is 3.79. The van der Waals surface area contributed by atoms with E-state index >= 15 is 0 Å². The SMILES string of the molecule is [CH2]C(O)C(OCc1ccccc1)c1ccccc1Cl. The predicted molar refractivity (Wildman–Crippen MR) is 76.8 cm³/mol. The van der Waals surface area contributed by atoms with Crippen LogP contribution in [0.2, 0.25) is 5.02 Å². The van der Waals surface area contributed by atoms with Crippen LogP contribution in [-0.4, -0.2) is 11.2 Å². The van der Waals surface area contributed by atoms with Crippen molar-refractivity contribution in [2.24, 2.45) is 0 Å². The van der Waals surface area contributed by atoms with E-state index in [1.54, 1.807) is 6.07 Å². The Morgan fingerprint density at radius 1 is 1.05 bits per heavy atom. The van der Waals surface area contributed by atoms with E-state index in [9.17, 15) is 5.11 Å². The monoisotopic (exact) mass is 275 g/mol. The van der Waals surface area contributed by atoms with Crippen LogP contribution in [0.1, 0.15) is 17.2 Å². The Bertz CT molecular complexity index is 511. The summed E-state index contributed by atoms with van der Waals surface area (Å²) < 4.78 is 5.76. The van der Waals surface area contributed by atoms with Crippen LogP contribution < -0.4 is 0 Å². The van der Waals surface area contributed by atoms with Gasteiger partial charge in [-0.2, -0.15) is 0 Å². The molecule has 99 valence electrons. The lowest BCUT2D eigenvalue weighted by atomic mass is 10.1. The highest BCUT2D eigenvalue weighted by molar-refractivity contribution is 6.31. The summed E-state index contributed by atoms with van der Waals surface area (Å²) in [6.07, 6.45) is -1.41. The van der Waals surface area contributed by atoms with Crippen LogP contribution in [0.5, 0.6) is 0 Å². The van der Waals surface area contributed by atoms with Crippen LogP contribution in [-0.2, 0) is 11.3 Å². The van der Waals surface area contributed by atoms with Gasteiger partial charge >= 0.3 is 0 Å². The van der Waals surface area contributed by atoms with E-state index in [1.165, 1.54) is 0 Å². The van der Waals surface area contributed by atoms with Crippen molar-refractivity contribution in [3.05, 3.63) is 77.7 Å². The topological polar surface area (TPSA) is 29.5 Å². The maximum absolute atomic E-state index is 9.77. The average molecular weight is 276 g/mol. The van der Waals surface area contributed by atoms with Gasteiger partial charge in [0.1, 0.15) is 6.10 Å². The first kappa shape index (κ1) is 14.1. The smallest absolute Gasteiger partial charge is 0.110 e. The van der Waals surface area contributed by atoms with Gasteiger partial charge in [0.2, 0.25) is 0 Å². The lowest BCUT2D eigenvalue weighted by Crippen LogP contribution is -2.18. The Morgan fingerprint density at radius 2 is 1.68 bits per heavy atom. The van der Waals surface area contributed by atoms with Crippen molar-refractivity contribution < 1.29 is 9.84 Å². The Kier molecular flexibility index (Phi) is 4.97. The standard InChI is InChI=1S/C16H16ClO2/c1-12(18)16(14-9-5-6-10-15(14)17)19-11-13-7-3-2-4-8-13/h2-10,12,16,18H,1,11H2. The fourth-order valence-electron chi connectivity index (χ4n) is 1.87. The molecule has 2 nitrogen and oxygen atoms in total. The highest BCUT2D eigenvalue weighted by Gasteiger charge is 2.20. The number of ether oxygens (including phenoxy) is 1. The lowest BCUT2D eigenvalue weighted by molar-refractivity contribution is -0.0297. The van der Waals surface area contributed by atoms with Gasteiger partial charge in [0.15, 0.2) is 0 Å². The van der Waals surface area contributed by atoms with Gasteiger partial charge in [-0.1, -0.05) is 60.1 Å². The third-order valence-corrected chi connectivity index (χ3v) is 3.18. The van der Waals surface area contributed by atoms with Gasteiger partial charge in [-0.05, 0) is 18.6 Å². The van der Waals surface area contributed by atoms with Gasteiger partial charge in [-0.15, -0.1) is 0 Å². The van der Waals surface area contributed by atoms with Crippen molar-refractivity contribution in [2.75, 3.05) is 0 Å². The molecule has 0 bridgehead atoms. The summed E-state index contributed by atoms with van der Waals surface area (Å²) in [5.74, 6) is 0. The van der Waals surface area contributed by atoms with Crippen LogP contribution >= 0.6 is 11.6 Å². The summed E-state index contributed by atoms with van der Waals surface area (Å²) in [6.45, 7) is 4.05. The van der Waals surface area contributed by atoms with Gasteiger partial charge in [0.05, 0.1) is 12.7 Å². The maximum Gasteiger partial charge on any atom is 0.110 e. The fraction of sp³-hybridized carbons (Fsp3) is 0.188. The van der Waals surface area contributed by atoms with Gasteiger partial charge in [0.25, 0.3) is 0 Å². The highest BCUT2D eigenvalue weighted by atomic mass is 35.5. The van der Waals surface area contributed by atoms with Crippen LogP contribution in [0.15, 0.2) is 54.6 Å². The second-order valence-electron chi connectivity index (χ2n) is 4.31. The third kappa shape index (κ3) is 3.80. The van der Waals surface area contributed by atoms with E-state index in [2.05, 4.69) is 6.92 Å². The number of hydrogen-bond donors (Lipinski definition) is 1. The molecule has 2 rings (SSSR count). The molecule has 2 atom stereocenters. The molecule has 19 heavy (non-hydrogen) atoms. The van der Waals surface area contributed by atoms with Crippen molar-refractivity contribution in [1.82, 2.24) is 0 Å². The zero-order valence-electron chi connectivity index (χ0n) is 10.5. The summed E-state index contributed by atoms with van der Waals surface area (Å²) in [5, 5.41) is 10.3. The Labute approximate surface area is 118 Å². The first-order valence-corrected chi connectivity index (χ1v) is 6.47. The summed E-state index contributed by atoms with van der Waals surface area (Å²) >= 11 is 6.13. The Balaban J connectivity index is 2.12. The number of halogens is 1. The molecule has 0 heterocycles. The molecule has 0 aliphatic carbocycles. The summed E-state index contributed by atoms with van der Waals surface area (Å²) in [6, 6.07) is 17.1. The second-order valence-corrected chi connectivity index (χ2v) is 4.71. The summed E-state index contributed by atoms with van der Waals surface area (Å²) in [5.41, 5.74) is 1.79. The molecule has 0 spiro atoms. The minimum atomic E-state index is -0.872. The van der Waals surface area contributed by atoms with Crippen molar-refractivity contribution in [3.8, 4) is 0 Å². The zero-order valence-corrected chi connectivity index (χ0v) is 11.3. The second kappa shape index (κ2) is 6.71.